The van der Waals surface area contributed by atoms with Gasteiger partial charge in [-0.25, -0.2) is 4.79 Å². The van der Waals surface area contributed by atoms with Gasteiger partial charge in [0, 0.05) is 19.0 Å². The maximum atomic E-state index is 14.4. The number of nitrogens with zero attached hydrogens (tertiary/aromatic N) is 1. The molecule has 3 N–H and O–H groups in total. The molecule has 40 heavy (non-hydrogen) atoms. The first-order valence-electron chi connectivity index (χ1n) is 14.4. The van der Waals surface area contributed by atoms with Crippen molar-refractivity contribution in [3.05, 3.63) is 65.7 Å². The number of ether oxygens (including phenoxy) is 1. The van der Waals surface area contributed by atoms with E-state index in [0.29, 0.717) is 18.5 Å². The van der Waals surface area contributed by atoms with Crippen LogP contribution in [0.3, 0.4) is 0 Å². The van der Waals surface area contributed by atoms with E-state index in [1.54, 1.807) is 49.9 Å². The first-order chi connectivity index (χ1) is 18.9. The third-order valence-electron chi connectivity index (χ3n) is 6.44. The monoisotopic (exact) mass is 553 g/mol. The van der Waals surface area contributed by atoms with Gasteiger partial charge in [-0.15, -0.1) is 0 Å². The summed E-state index contributed by atoms with van der Waals surface area (Å²) in [6.07, 6.45) is 3.74. The Morgan fingerprint density at radius 3 is 2.15 bits per heavy atom. The van der Waals surface area contributed by atoms with E-state index in [9.17, 15) is 19.5 Å². The molecular weight excluding hydrogens is 506 g/mol. The van der Waals surface area contributed by atoms with Gasteiger partial charge in [0.05, 0.1) is 0 Å². The molecule has 220 valence electrons. The van der Waals surface area contributed by atoms with E-state index in [2.05, 4.69) is 24.5 Å². The van der Waals surface area contributed by atoms with Crippen LogP contribution in [0.25, 0.3) is 0 Å². The summed E-state index contributed by atoms with van der Waals surface area (Å²) in [5.41, 5.74) is 0.700. The number of benzene rings is 2. The Morgan fingerprint density at radius 1 is 0.925 bits per heavy atom. The van der Waals surface area contributed by atoms with Crippen molar-refractivity contribution >= 4 is 17.9 Å². The summed E-state index contributed by atoms with van der Waals surface area (Å²) in [5, 5.41) is 15.6. The molecule has 0 saturated heterocycles. The lowest BCUT2D eigenvalue weighted by Crippen LogP contribution is -2.54. The fourth-order valence-corrected chi connectivity index (χ4v) is 4.55. The van der Waals surface area contributed by atoms with E-state index >= 15 is 0 Å². The van der Waals surface area contributed by atoms with Crippen LogP contribution in [-0.2, 0) is 20.7 Å². The van der Waals surface area contributed by atoms with Crippen LogP contribution in [0.5, 0.6) is 5.75 Å². The minimum atomic E-state index is -0.993. The summed E-state index contributed by atoms with van der Waals surface area (Å²) in [6, 6.07) is 13.9. The van der Waals surface area contributed by atoms with Crippen molar-refractivity contribution in [2.24, 2.45) is 0 Å². The van der Waals surface area contributed by atoms with Gasteiger partial charge >= 0.3 is 6.09 Å². The number of nitrogens with one attached hydrogen (secondary N) is 2. The lowest BCUT2D eigenvalue weighted by molar-refractivity contribution is -0.142. The average molecular weight is 554 g/mol. The summed E-state index contributed by atoms with van der Waals surface area (Å²) in [7, 11) is 0. The predicted octanol–water partition coefficient (Wildman–Crippen LogP) is 5.89. The number of carbonyl (C=O) groups is 3. The van der Waals surface area contributed by atoms with Gasteiger partial charge in [0.1, 0.15) is 23.4 Å². The van der Waals surface area contributed by atoms with Gasteiger partial charge in [0.25, 0.3) is 0 Å². The summed E-state index contributed by atoms with van der Waals surface area (Å²) in [4.78, 5) is 42.6. The maximum absolute atomic E-state index is 14.4. The lowest BCUT2D eigenvalue weighted by Gasteiger charge is -2.35. The molecule has 0 bridgehead atoms. The molecule has 0 heterocycles. The fourth-order valence-electron chi connectivity index (χ4n) is 4.55. The van der Waals surface area contributed by atoms with Crippen LogP contribution in [0.15, 0.2) is 54.6 Å². The Morgan fingerprint density at radius 2 is 1.57 bits per heavy atom. The molecule has 0 aliphatic carbocycles. The largest absolute Gasteiger partial charge is 0.508 e. The first kappa shape index (κ1) is 32.7. The number of aromatic hydroxyl groups is 1. The Bertz CT molecular complexity index is 1070. The highest BCUT2D eigenvalue weighted by atomic mass is 16.6. The minimum Gasteiger partial charge on any atom is -0.508 e. The molecule has 2 aromatic carbocycles. The van der Waals surface area contributed by atoms with E-state index < -0.39 is 23.8 Å². The third-order valence-corrected chi connectivity index (χ3v) is 6.44. The molecule has 8 nitrogen and oxygen atoms in total. The number of hydrogen-bond acceptors (Lipinski definition) is 5. The normalized spacial score (nSPS) is 13.6. The van der Waals surface area contributed by atoms with Gasteiger partial charge in [-0.2, -0.15) is 0 Å². The molecular formula is C32H47N3O5. The molecule has 0 fully saturated rings. The zero-order valence-corrected chi connectivity index (χ0v) is 24.9. The van der Waals surface area contributed by atoms with Gasteiger partial charge in [0.2, 0.25) is 11.8 Å². The topological polar surface area (TPSA) is 108 Å². The number of unbranched alkanes of at least 4 members (excludes halogenated alkanes) is 2. The van der Waals surface area contributed by atoms with Gasteiger partial charge in [-0.1, -0.05) is 75.6 Å². The van der Waals surface area contributed by atoms with Crippen molar-refractivity contribution in [1.82, 2.24) is 15.5 Å². The van der Waals surface area contributed by atoms with Crippen LogP contribution in [0, 0.1) is 0 Å². The summed E-state index contributed by atoms with van der Waals surface area (Å²) < 4.78 is 5.49. The molecule has 0 aliphatic rings. The summed E-state index contributed by atoms with van der Waals surface area (Å²) >= 11 is 0. The fraction of sp³-hybridized carbons (Fsp3) is 0.531. The van der Waals surface area contributed by atoms with E-state index in [0.717, 1.165) is 31.2 Å². The van der Waals surface area contributed by atoms with Crippen molar-refractivity contribution in [3.63, 3.8) is 0 Å². The zero-order chi connectivity index (χ0) is 29.7. The van der Waals surface area contributed by atoms with Gasteiger partial charge in [0.15, 0.2) is 0 Å². The first-order valence-corrected chi connectivity index (χ1v) is 14.4. The molecule has 3 amide bonds. The van der Waals surface area contributed by atoms with Crippen LogP contribution < -0.4 is 10.6 Å². The smallest absolute Gasteiger partial charge is 0.408 e. The second-order valence-corrected chi connectivity index (χ2v) is 11.3. The molecule has 0 spiro atoms. The maximum Gasteiger partial charge on any atom is 0.408 e. The number of rotatable bonds is 14. The Kier molecular flexibility index (Phi) is 13.0. The van der Waals surface area contributed by atoms with E-state index in [4.69, 9.17) is 4.74 Å². The molecule has 3 atom stereocenters. The predicted molar refractivity (Wildman–Crippen MR) is 158 cm³/mol. The quantitative estimate of drug-likeness (QED) is 0.253. The highest BCUT2D eigenvalue weighted by molar-refractivity contribution is 5.92. The molecule has 0 aromatic heterocycles. The van der Waals surface area contributed by atoms with Crippen molar-refractivity contribution in [2.75, 3.05) is 6.54 Å². The second kappa shape index (κ2) is 15.9. The van der Waals surface area contributed by atoms with Gasteiger partial charge in [-0.05, 0) is 63.8 Å². The number of hydrogen-bond donors (Lipinski definition) is 3. The number of alkyl carbamates (subject to hydrolysis) is 1. The van der Waals surface area contributed by atoms with Crippen molar-refractivity contribution < 1.29 is 24.2 Å². The van der Waals surface area contributed by atoms with Crippen LogP contribution >= 0.6 is 0 Å². The molecule has 2 aromatic rings. The second-order valence-electron chi connectivity index (χ2n) is 11.3. The van der Waals surface area contributed by atoms with Crippen LogP contribution in [0.4, 0.5) is 4.79 Å². The standard InChI is InChI=1S/C32H47N3O5/c1-7-9-13-21-35(28(25-15-11-10-12-16-25)29(37)33-23(3)14-8-2)30(38)27(34-31(39)40-32(4,5)6)22-24-17-19-26(36)20-18-24/h10-12,15-20,23,27-28,36H,7-9,13-14,21-22H2,1-6H3,(H,33,37)(H,34,39). The van der Waals surface area contributed by atoms with E-state index in [1.165, 1.54) is 0 Å². The van der Waals surface area contributed by atoms with Crippen molar-refractivity contribution in [1.29, 1.82) is 0 Å². The lowest BCUT2D eigenvalue weighted by atomic mass is 9.99. The van der Waals surface area contributed by atoms with E-state index in [-0.39, 0.29) is 30.0 Å². The number of carbonyl (C=O) groups excluding carboxylic acids is 3. The van der Waals surface area contributed by atoms with Gasteiger partial charge in [-0.3, -0.25) is 9.59 Å². The summed E-state index contributed by atoms with van der Waals surface area (Å²) in [6.45, 7) is 11.7. The van der Waals surface area contributed by atoms with Crippen LogP contribution in [0.2, 0.25) is 0 Å². The SMILES string of the molecule is CCCCCN(C(=O)C(Cc1ccc(O)cc1)NC(=O)OC(C)(C)C)C(C(=O)NC(C)CCC)c1ccccc1. The molecule has 3 unspecified atom stereocenters. The van der Waals surface area contributed by atoms with Gasteiger partial charge < -0.3 is 25.4 Å². The number of phenolic OH excluding ortho intramolecular Hbond substituents is 1. The molecule has 0 aliphatic heterocycles. The number of amides is 3. The molecule has 8 heteroatoms. The summed E-state index contributed by atoms with van der Waals surface area (Å²) in [5.74, 6) is -0.519. The highest BCUT2D eigenvalue weighted by Gasteiger charge is 2.36. The molecule has 0 saturated carbocycles. The molecule has 2 rings (SSSR count). The van der Waals surface area contributed by atoms with E-state index in [1.807, 2.05) is 37.3 Å². The van der Waals surface area contributed by atoms with Crippen molar-refractivity contribution in [2.45, 2.75) is 104 Å². The Hall–Kier alpha value is -3.55. The Labute approximate surface area is 239 Å². The number of phenols is 1. The third kappa shape index (κ3) is 10.9. The molecule has 0 radical (unpaired) electrons. The van der Waals surface area contributed by atoms with Crippen molar-refractivity contribution in [3.8, 4) is 5.75 Å². The Balaban J connectivity index is 2.52. The minimum absolute atomic E-state index is 0.0519. The van der Waals surface area contributed by atoms with Crippen LogP contribution in [-0.4, -0.2) is 52.1 Å². The van der Waals surface area contributed by atoms with Crippen LogP contribution in [0.1, 0.15) is 90.8 Å². The zero-order valence-electron chi connectivity index (χ0n) is 24.9. The average Bonchev–Trinajstić information content (AvgIpc) is 2.88. The highest BCUT2D eigenvalue weighted by Crippen LogP contribution is 2.25.